The fraction of sp³-hybridized carbons (Fsp3) is 0.579. The molecule has 2 amide bonds. The van der Waals surface area contributed by atoms with Gasteiger partial charge in [-0.3, -0.25) is 9.59 Å². The third kappa shape index (κ3) is 3.92. The first-order valence-electron chi connectivity index (χ1n) is 8.72. The Morgan fingerprint density at radius 3 is 2.52 bits per heavy atom. The molecule has 0 atom stereocenters. The molecule has 0 heterocycles. The van der Waals surface area contributed by atoms with E-state index in [1.54, 1.807) is 4.90 Å². The summed E-state index contributed by atoms with van der Waals surface area (Å²) >= 11 is 0. The molecule has 0 bridgehead atoms. The minimum Gasteiger partial charge on any atom is -0.355 e. The normalized spacial score (nSPS) is 15.1. The number of nitrogens with zero attached hydrogens (tertiary/aromatic N) is 1. The van der Waals surface area contributed by atoms with Crippen LogP contribution in [0.3, 0.4) is 0 Å². The van der Waals surface area contributed by atoms with E-state index in [0.717, 1.165) is 30.5 Å². The lowest BCUT2D eigenvalue weighted by Crippen LogP contribution is -2.45. The zero-order valence-electron chi connectivity index (χ0n) is 14.5. The van der Waals surface area contributed by atoms with Crippen molar-refractivity contribution in [3.8, 4) is 0 Å². The van der Waals surface area contributed by atoms with Crippen LogP contribution in [0.1, 0.15) is 51.5 Å². The Morgan fingerprint density at radius 1 is 1.22 bits per heavy atom. The summed E-state index contributed by atoms with van der Waals surface area (Å²) < 4.78 is 0. The van der Waals surface area contributed by atoms with Gasteiger partial charge in [0.1, 0.15) is 5.41 Å². The molecule has 0 radical (unpaired) electrons. The third-order valence-corrected chi connectivity index (χ3v) is 4.53. The Balaban J connectivity index is 2.06. The molecule has 0 spiro atoms. The molecule has 4 nitrogen and oxygen atoms in total. The first-order valence-corrected chi connectivity index (χ1v) is 8.72. The number of carbonyl (C=O) groups excluding carboxylic acids is 2. The Morgan fingerprint density at radius 2 is 1.96 bits per heavy atom. The van der Waals surface area contributed by atoms with Crippen molar-refractivity contribution in [1.82, 2.24) is 5.32 Å². The predicted molar refractivity (Wildman–Crippen MR) is 93.4 cm³/mol. The molecule has 1 aliphatic carbocycles. The second kappa shape index (κ2) is 7.62. The van der Waals surface area contributed by atoms with Crippen LogP contribution in [-0.4, -0.2) is 24.9 Å². The number of rotatable bonds is 8. The summed E-state index contributed by atoms with van der Waals surface area (Å²) in [5.74, 6) is -0.150. The van der Waals surface area contributed by atoms with Gasteiger partial charge in [-0.05, 0) is 50.8 Å². The maximum atomic E-state index is 13.0. The van der Waals surface area contributed by atoms with Crippen molar-refractivity contribution < 1.29 is 9.59 Å². The summed E-state index contributed by atoms with van der Waals surface area (Å²) in [6, 6.07) is 7.89. The van der Waals surface area contributed by atoms with Crippen LogP contribution >= 0.6 is 0 Å². The van der Waals surface area contributed by atoms with Crippen molar-refractivity contribution in [3.63, 3.8) is 0 Å². The highest BCUT2D eigenvalue weighted by Gasteiger charge is 2.57. The van der Waals surface area contributed by atoms with Crippen LogP contribution in [-0.2, 0) is 9.59 Å². The van der Waals surface area contributed by atoms with Crippen LogP contribution in [0.2, 0.25) is 0 Å². The van der Waals surface area contributed by atoms with Crippen molar-refractivity contribution in [2.24, 2.45) is 5.41 Å². The highest BCUT2D eigenvalue weighted by molar-refractivity contribution is 6.14. The molecule has 2 rings (SSSR count). The van der Waals surface area contributed by atoms with Gasteiger partial charge in [-0.25, -0.2) is 0 Å². The number of nitrogens with one attached hydrogen (secondary N) is 1. The minimum absolute atomic E-state index is 0.0569. The molecule has 23 heavy (non-hydrogen) atoms. The number of amides is 2. The SMILES string of the molecule is CCCCCNC(=O)C1(C(=O)N(CC)c2cccc(C)c2)CC1. The van der Waals surface area contributed by atoms with Gasteiger partial charge in [-0.1, -0.05) is 31.9 Å². The van der Waals surface area contributed by atoms with Gasteiger partial charge in [0.25, 0.3) is 0 Å². The van der Waals surface area contributed by atoms with E-state index in [-0.39, 0.29) is 11.8 Å². The number of unbranched alkanes of at least 4 members (excludes halogenated alkanes) is 2. The topological polar surface area (TPSA) is 49.4 Å². The van der Waals surface area contributed by atoms with Crippen LogP contribution < -0.4 is 10.2 Å². The molecular formula is C19H28N2O2. The molecule has 0 aliphatic heterocycles. The second-order valence-corrected chi connectivity index (χ2v) is 6.43. The van der Waals surface area contributed by atoms with Crippen LogP contribution in [0.15, 0.2) is 24.3 Å². The van der Waals surface area contributed by atoms with Crippen LogP contribution in [0.4, 0.5) is 5.69 Å². The molecule has 4 heteroatoms. The number of carbonyl (C=O) groups is 2. The Bertz CT molecular complexity index is 564. The molecule has 1 fully saturated rings. The average molecular weight is 316 g/mol. The average Bonchev–Trinajstić information content (AvgIpc) is 3.34. The Labute approximate surface area is 139 Å². The van der Waals surface area contributed by atoms with Gasteiger partial charge in [0.15, 0.2) is 0 Å². The van der Waals surface area contributed by atoms with Gasteiger partial charge in [0, 0.05) is 18.8 Å². The number of aryl methyl sites for hydroxylation is 1. The van der Waals surface area contributed by atoms with E-state index in [1.165, 1.54) is 0 Å². The van der Waals surface area contributed by atoms with Gasteiger partial charge < -0.3 is 10.2 Å². The molecule has 1 aromatic carbocycles. The Hall–Kier alpha value is -1.84. The van der Waals surface area contributed by atoms with Crippen LogP contribution in [0.5, 0.6) is 0 Å². The highest BCUT2D eigenvalue weighted by Crippen LogP contribution is 2.48. The Kier molecular flexibility index (Phi) is 5.80. The van der Waals surface area contributed by atoms with Gasteiger partial charge in [0.05, 0.1) is 0 Å². The number of hydrogen-bond acceptors (Lipinski definition) is 2. The standard InChI is InChI=1S/C19H28N2O2/c1-4-6-7-13-20-17(22)19(11-12-19)18(23)21(5-2)16-10-8-9-15(3)14-16/h8-10,14H,4-7,11-13H2,1-3H3,(H,20,22). The zero-order chi connectivity index (χ0) is 16.9. The monoisotopic (exact) mass is 316 g/mol. The van der Waals surface area contributed by atoms with E-state index in [2.05, 4.69) is 12.2 Å². The van der Waals surface area contributed by atoms with E-state index in [0.29, 0.717) is 25.9 Å². The van der Waals surface area contributed by atoms with Gasteiger partial charge in [0.2, 0.25) is 11.8 Å². The summed E-state index contributed by atoms with van der Waals surface area (Å²) in [6.07, 6.45) is 4.52. The molecule has 0 aromatic heterocycles. The third-order valence-electron chi connectivity index (χ3n) is 4.53. The first kappa shape index (κ1) is 17.5. The molecule has 1 saturated carbocycles. The summed E-state index contributed by atoms with van der Waals surface area (Å²) in [5, 5.41) is 2.96. The summed E-state index contributed by atoms with van der Waals surface area (Å²) in [7, 11) is 0. The van der Waals surface area contributed by atoms with Gasteiger partial charge >= 0.3 is 0 Å². The van der Waals surface area contributed by atoms with E-state index < -0.39 is 5.41 Å². The lowest BCUT2D eigenvalue weighted by Gasteiger charge is -2.26. The maximum absolute atomic E-state index is 13.0. The van der Waals surface area contributed by atoms with E-state index in [4.69, 9.17) is 0 Å². The van der Waals surface area contributed by atoms with Crippen molar-refractivity contribution in [3.05, 3.63) is 29.8 Å². The zero-order valence-corrected chi connectivity index (χ0v) is 14.5. The van der Waals surface area contributed by atoms with E-state index >= 15 is 0 Å². The van der Waals surface area contributed by atoms with E-state index in [1.807, 2.05) is 38.1 Å². The molecule has 0 unspecified atom stereocenters. The van der Waals surface area contributed by atoms with Crippen molar-refractivity contribution in [1.29, 1.82) is 0 Å². The molecule has 1 N–H and O–H groups in total. The number of anilines is 1. The summed E-state index contributed by atoms with van der Waals surface area (Å²) in [5.41, 5.74) is 1.16. The molecule has 126 valence electrons. The van der Waals surface area contributed by atoms with Crippen molar-refractivity contribution in [2.45, 2.75) is 52.9 Å². The van der Waals surface area contributed by atoms with Gasteiger partial charge in [-0.2, -0.15) is 0 Å². The molecule has 1 aromatic rings. The first-order chi connectivity index (χ1) is 11.0. The minimum atomic E-state index is -0.827. The second-order valence-electron chi connectivity index (χ2n) is 6.43. The predicted octanol–water partition coefficient (Wildman–Crippen LogP) is 3.43. The smallest absolute Gasteiger partial charge is 0.242 e. The fourth-order valence-corrected chi connectivity index (χ4v) is 2.91. The lowest BCUT2D eigenvalue weighted by molar-refractivity contribution is -0.135. The van der Waals surface area contributed by atoms with Gasteiger partial charge in [-0.15, -0.1) is 0 Å². The highest BCUT2D eigenvalue weighted by atomic mass is 16.2. The number of hydrogen-bond donors (Lipinski definition) is 1. The number of benzene rings is 1. The largest absolute Gasteiger partial charge is 0.355 e. The van der Waals surface area contributed by atoms with Crippen molar-refractivity contribution in [2.75, 3.05) is 18.0 Å². The van der Waals surface area contributed by atoms with Crippen LogP contribution in [0, 0.1) is 12.3 Å². The molecular weight excluding hydrogens is 288 g/mol. The maximum Gasteiger partial charge on any atom is 0.242 e. The quantitative estimate of drug-likeness (QED) is 0.590. The summed E-state index contributed by atoms with van der Waals surface area (Å²) in [4.78, 5) is 27.2. The van der Waals surface area contributed by atoms with Crippen molar-refractivity contribution >= 4 is 17.5 Å². The van der Waals surface area contributed by atoms with E-state index in [9.17, 15) is 9.59 Å². The lowest BCUT2D eigenvalue weighted by atomic mass is 10.0. The van der Waals surface area contributed by atoms with Crippen LogP contribution in [0.25, 0.3) is 0 Å². The molecule has 0 saturated heterocycles. The fourth-order valence-electron chi connectivity index (χ4n) is 2.91. The molecule has 1 aliphatic rings. The summed E-state index contributed by atoms with van der Waals surface area (Å²) in [6.45, 7) is 7.34.